The van der Waals surface area contributed by atoms with Crippen molar-refractivity contribution in [1.82, 2.24) is 45.2 Å². The number of rotatable bonds is 40. The highest BCUT2D eigenvalue weighted by Crippen LogP contribution is 2.30. The van der Waals surface area contributed by atoms with Gasteiger partial charge in [-0.1, -0.05) is 316 Å². The van der Waals surface area contributed by atoms with Gasteiger partial charge >= 0.3 is 12.2 Å². The summed E-state index contributed by atoms with van der Waals surface area (Å²) in [6.07, 6.45) is 11.6. The Labute approximate surface area is 870 Å². The number of ether oxygens (including phenoxy) is 4. The van der Waals surface area contributed by atoms with Crippen molar-refractivity contribution in [2.75, 3.05) is 86.3 Å². The molecule has 8 aromatic rings. The monoisotopic (exact) mass is 2010 g/mol. The fourth-order valence-corrected chi connectivity index (χ4v) is 13.4. The summed E-state index contributed by atoms with van der Waals surface area (Å²) < 4.78 is 45.6. The number of nitrogens with zero attached hydrogens (tertiary/aromatic N) is 6. The Morgan fingerprint density at radius 3 is 1.32 bits per heavy atom. The molecule has 6 N–H and O–H groups in total. The highest BCUT2D eigenvalue weighted by Gasteiger charge is 2.33. The standard InChI is InChI=1S/C18H19NO.C13H19NO2.C13H19NO.C12H15NO.C11H15NO2.C11H13NO.C10H15NO2S.C7H14N2O2.C7H15NO.C5H13NO.10CH4/c1-2-19(17-11-12-17)18(20)16-10-6-9-15(13-16)14-7-4-3-5-8-14;1-4-16-13(15)14(11(2)3)10-12-8-6-5-7-9-12;1-4-13(15)14(11(2)3)10-12-8-6-5-7-9-12;1-2-13(11-8-9-11)12(14)10-6-4-3-5-7-10;1-2-8-12-11(13)14-9-10-6-4-3-5-7-10;1-2-6-13-9-11-5-3-4-10(7-11)8-12;1-2-8-11-14(12,13)9-10-6-4-3-5-7-10;1-3-9(6(2)10)5-4-7(8)11;1-3-5-6-8-7(9)4-2;1-6-4-3-5-7-2;;;;;;;;;;/h3-10,13,17H,2,11-12H2,1H3;5-9,11H,4,10H2,1-3H3;5-9,11H,4,10H2,1-3H3;3-7,11H,2,8-9H2,1H3;3-7H,2,8-9H2,1H3,(H,12,13);3-5,7H,2,6,9H2,1H3;3-7,11H,2,8-9H2,1H3;3-5H2,1-2H3,(H2,8,11);3-6H2,1-2H3,(H,8,9);6H,3-5H2,1-2H3;10*1H4. The van der Waals surface area contributed by atoms with Gasteiger partial charge in [0.15, 0.2) is 0 Å². The SMILES string of the molecule is C.C.C.C.C.C.C.C.C.C.CCC(=O)N(Cc1ccccc1)C(C)C.CCCCNC(=O)CC.CCCNC(=O)OCc1ccccc1.CCCNS(=O)(=O)Cc1ccccc1.CCCOCc1cccc(C#N)c1.CCN(C(=O)c1cccc(-c2ccccc2)c1)C1CC1.CCN(C(=O)c1ccccc1)C1CC1.CCN(CCC(N)=O)C(C)=O.CCOC(=O)N(Cc1ccccc1)C(C)C.CNCCCOC. The van der Waals surface area contributed by atoms with Gasteiger partial charge in [-0.3, -0.25) is 28.8 Å². The maximum absolute atomic E-state index is 12.6. The topological polar surface area (TPSA) is 322 Å². The van der Waals surface area contributed by atoms with Gasteiger partial charge in [0.1, 0.15) is 6.61 Å². The maximum atomic E-state index is 12.6. The fourth-order valence-electron chi connectivity index (χ4n) is 12.1. The first-order chi connectivity index (χ1) is 64.0. The van der Waals surface area contributed by atoms with E-state index in [-0.39, 0.29) is 146 Å². The van der Waals surface area contributed by atoms with Crippen molar-refractivity contribution >= 4 is 57.7 Å². The molecule has 0 bridgehead atoms. The van der Waals surface area contributed by atoms with E-state index >= 15 is 0 Å². The number of hydrogen-bond donors (Lipinski definition) is 5. The molecule has 2 saturated carbocycles. The number of alkyl carbamates (subject to hydrolysis) is 1. The predicted molar refractivity (Wildman–Crippen MR) is 605 cm³/mol. The second kappa shape index (κ2) is 95.3. The molecule has 0 aromatic heterocycles. The van der Waals surface area contributed by atoms with Crippen molar-refractivity contribution < 1.29 is 65.7 Å². The van der Waals surface area contributed by atoms with Gasteiger partial charge in [-0.25, -0.2) is 22.7 Å². The average Bonchev–Trinajstić information content (AvgIpc) is 1.68. The molecule has 143 heavy (non-hydrogen) atoms. The number of sulfonamides is 1. The number of amides is 8. The molecule has 0 saturated heterocycles. The van der Waals surface area contributed by atoms with Crippen LogP contribution in [0.25, 0.3) is 11.1 Å². The lowest BCUT2D eigenvalue weighted by molar-refractivity contribution is -0.133. The van der Waals surface area contributed by atoms with E-state index in [2.05, 4.69) is 91.7 Å². The number of benzene rings is 8. The Morgan fingerprint density at radius 2 is 0.909 bits per heavy atom. The molecule has 0 spiro atoms. The van der Waals surface area contributed by atoms with Crippen LogP contribution in [0.15, 0.2) is 231 Å². The Bertz CT molecular complexity index is 4570. The number of nitriles is 1. The summed E-state index contributed by atoms with van der Waals surface area (Å²) in [5, 5.41) is 17.1. The van der Waals surface area contributed by atoms with Gasteiger partial charge in [0.05, 0.1) is 30.6 Å². The van der Waals surface area contributed by atoms with Gasteiger partial charge in [-0.2, -0.15) is 5.26 Å². The average molecular weight is 2010 g/mol. The molecule has 2 aliphatic carbocycles. The Kier molecular flexibility index (Phi) is 101. The molecule has 0 radical (unpaired) electrons. The summed E-state index contributed by atoms with van der Waals surface area (Å²) >= 11 is 0. The number of carbonyl (C=O) groups is 8. The van der Waals surface area contributed by atoms with E-state index in [9.17, 15) is 46.8 Å². The van der Waals surface area contributed by atoms with Crippen LogP contribution in [0.4, 0.5) is 9.59 Å². The summed E-state index contributed by atoms with van der Waals surface area (Å²) in [6.45, 7) is 39.2. The van der Waals surface area contributed by atoms with Crippen LogP contribution in [-0.4, -0.2) is 191 Å². The molecule has 8 aromatic carbocycles. The molecular weight excluding hydrogens is 1820 g/mol. The van der Waals surface area contributed by atoms with E-state index in [0.29, 0.717) is 89.6 Å². The number of hydrogen-bond acceptors (Lipinski definition) is 16. The molecule has 0 aliphatic heterocycles. The summed E-state index contributed by atoms with van der Waals surface area (Å²) in [5.41, 5.74) is 14.6. The molecule has 810 valence electrons. The molecule has 8 amide bonds. The van der Waals surface area contributed by atoms with Crippen molar-refractivity contribution in [2.45, 2.75) is 318 Å². The smallest absolute Gasteiger partial charge is 0.410 e. The van der Waals surface area contributed by atoms with Crippen molar-refractivity contribution in [3.8, 4) is 17.2 Å². The first-order valence-electron chi connectivity index (χ1n) is 47.1. The molecule has 0 atom stereocenters. The largest absolute Gasteiger partial charge is 0.450 e. The first kappa shape index (κ1) is 152. The third kappa shape index (κ3) is 73.2. The second-order valence-electron chi connectivity index (χ2n) is 31.6. The first-order valence-corrected chi connectivity index (χ1v) is 48.8. The molecule has 0 heterocycles. The summed E-state index contributed by atoms with van der Waals surface area (Å²) in [5.74, 6) is 0.382. The van der Waals surface area contributed by atoms with Crippen LogP contribution in [0.3, 0.4) is 0 Å². The third-order valence-corrected chi connectivity index (χ3v) is 21.1. The molecule has 2 aliphatic rings. The zero-order chi connectivity index (χ0) is 98.8. The lowest BCUT2D eigenvalue weighted by Gasteiger charge is -2.26. The van der Waals surface area contributed by atoms with E-state index in [1.54, 1.807) is 23.0 Å². The van der Waals surface area contributed by atoms with Crippen LogP contribution >= 0.6 is 0 Å². The molecular formula is C117H197N11O14S. The van der Waals surface area contributed by atoms with Gasteiger partial charge in [0, 0.05) is 141 Å². The van der Waals surface area contributed by atoms with Crippen molar-refractivity contribution in [3.63, 3.8) is 0 Å². The van der Waals surface area contributed by atoms with Crippen LogP contribution in [0, 0.1) is 11.3 Å². The number of nitrogens with two attached hydrogens (primary N) is 1. The minimum atomic E-state index is -3.15. The number of carbonyl (C=O) groups excluding carboxylic acids is 8. The van der Waals surface area contributed by atoms with Crippen LogP contribution < -0.4 is 26.4 Å². The van der Waals surface area contributed by atoms with Crippen molar-refractivity contribution in [1.29, 1.82) is 5.26 Å². The van der Waals surface area contributed by atoms with Crippen LogP contribution in [0.1, 0.15) is 316 Å². The van der Waals surface area contributed by atoms with E-state index in [4.69, 9.17) is 29.9 Å². The summed E-state index contributed by atoms with van der Waals surface area (Å²) in [6, 6.07) is 77.4. The number of unbranched alkanes of at least 4 members (excludes halogenated alkanes) is 1. The van der Waals surface area contributed by atoms with Gasteiger partial charge < -0.3 is 65.1 Å². The minimum absolute atomic E-state index is 0. The van der Waals surface area contributed by atoms with Gasteiger partial charge in [0.2, 0.25) is 33.7 Å². The molecule has 25 nitrogen and oxygen atoms in total. The van der Waals surface area contributed by atoms with E-state index < -0.39 is 10.0 Å². The summed E-state index contributed by atoms with van der Waals surface area (Å²) in [7, 11) is 0.511. The second-order valence-corrected chi connectivity index (χ2v) is 33.4. The quantitative estimate of drug-likeness (QED) is 0.0223. The Morgan fingerprint density at radius 1 is 0.462 bits per heavy atom. The van der Waals surface area contributed by atoms with Crippen molar-refractivity contribution in [2.24, 2.45) is 5.73 Å². The van der Waals surface area contributed by atoms with E-state index in [1.165, 1.54) is 25.3 Å². The molecule has 26 heteroatoms. The number of primary amides is 1. The van der Waals surface area contributed by atoms with Gasteiger partial charge in [0.25, 0.3) is 11.8 Å². The van der Waals surface area contributed by atoms with E-state index in [1.807, 2.05) is 278 Å². The predicted octanol–water partition coefficient (Wildman–Crippen LogP) is 26.1. The maximum Gasteiger partial charge on any atom is 0.410 e. The Hall–Kier alpha value is -11.6. The normalized spacial score (nSPS) is 10.4. The minimum Gasteiger partial charge on any atom is -0.450 e. The third-order valence-electron chi connectivity index (χ3n) is 19.8. The molecule has 10 rings (SSSR count). The summed E-state index contributed by atoms with van der Waals surface area (Å²) in [4.78, 5) is 99.8. The lowest BCUT2D eigenvalue weighted by Crippen LogP contribution is -2.36. The van der Waals surface area contributed by atoms with Gasteiger partial charge in [-0.15, -0.1) is 0 Å². The fraction of sp³-hybridized carbons (Fsp3) is 0.513. The molecule has 0 unspecified atom stereocenters. The van der Waals surface area contributed by atoms with E-state index in [0.717, 1.165) is 135 Å². The zero-order valence-corrected chi connectivity index (χ0v) is 83.5. The van der Waals surface area contributed by atoms with Crippen molar-refractivity contribution in [3.05, 3.63) is 275 Å². The highest BCUT2D eigenvalue weighted by molar-refractivity contribution is 7.88. The number of nitrogens with one attached hydrogen (secondary N) is 4. The Balaban J connectivity index is -0.000000172. The lowest BCUT2D eigenvalue weighted by atomic mass is 10.0. The van der Waals surface area contributed by atoms with Crippen LogP contribution in [0.5, 0.6) is 0 Å². The van der Waals surface area contributed by atoms with Crippen LogP contribution in [0.2, 0.25) is 0 Å². The van der Waals surface area contributed by atoms with Gasteiger partial charge in [-0.05, 0) is 202 Å². The zero-order valence-electron chi connectivity index (χ0n) is 82.6. The van der Waals surface area contributed by atoms with Crippen LogP contribution in [-0.2, 0) is 80.2 Å². The highest BCUT2D eigenvalue weighted by atomic mass is 32.2. The number of methoxy groups -OCH3 is 1. The molecule has 2 fully saturated rings.